The van der Waals surface area contributed by atoms with Crippen molar-refractivity contribution < 1.29 is 9.53 Å². The molecule has 1 fully saturated rings. The first-order valence-corrected chi connectivity index (χ1v) is 11.5. The molecule has 166 valence electrons. The van der Waals surface area contributed by atoms with Crippen LogP contribution in [0.5, 0.6) is 0 Å². The fourth-order valence-corrected chi connectivity index (χ4v) is 5.35. The van der Waals surface area contributed by atoms with Crippen molar-refractivity contribution in [1.82, 2.24) is 9.88 Å². The molecule has 0 spiro atoms. The Hall–Kier alpha value is -1.12. The van der Waals surface area contributed by atoms with E-state index in [4.69, 9.17) is 44.5 Å². The smallest absolute Gasteiger partial charge is 0.261 e. The lowest BCUT2D eigenvalue weighted by Gasteiger charge is -2.29. The molecule has 2 heterocycles. The average Bonchev–Trinajstić information content (AvgIpc) is 3.13. The fraction of sp³-hybridized carbons (Fsp3) is 0.333. The zero-order valence-electron chi connectivity index (χ0n) is 16.7. The molecule has 2 aromatic carbocycles. The molecular weight excluding hydrogens is 500 g/mol. The Morgan fingerprint density at radius 1 is 1.16 bits per heavy atom. The van der Waals surface area contributed by atoms with Gasteiger partial charge >= 0.3 is 0 Å². The summed E-state index contributed by atoms with van der Waals surface area (Å²) in [5.74, 6) is -0.201. The van der Waals surface area contributed by atoms with E-state index in [0.717, 1.165) is 35.4 Å². The van der Waals surface area contributed by atoms with E-state index in [1.807, 2.05) is 19.1 Å². The van der Waals surface area contributed by atoms with E-state index in [9.17, 15) is 4.79 Å². The molecule has 3 aromatic rings. The minimum atomic E-state index is -0.201. The van der Waals surface area contributed by atoms with Crippen molar-refractivity contribution in [3.05, 3.63) is 56.5 Å². The van der Waals surface area contributed by atoms with Crippen molar-refractivity contribution in [1.29, 1.82) is 0 Å². The Bertz CT molecular complexity index is 1090. The molecule has 1 aliphatic heterocycles. The van der Waals surface area contributed by atoms with Gasteiger partial charge in [0.1, 0.15) is 0 Å². The quantitative estimate of drug-likeness (QED) is 0.416. The van der Waals surface area contributed by atoms with Gasteiger partial charge in [-0.25, -0.2) is 4.98 Å². The number of aryl methyl sites for hydroxylation is 1. The maximum Gasteiger partial charge on any atom is 0.261 e. The van der Waals surface area contributed by atoms with Crippen LogP contribution in [0.25, 0.3) is 10.2 Å². The standard InChI is InChI=1S/C21H20Cl3N3O2S.ClH/c1-13-10-15(23)12-18-19(13)25-21(30-18)27(5-4-26-6-8-29-9-7-26)20(28)16-3-2-14(22)11-17(16)24;/h2-3,10-12H,4-9H2,1H3;1H. The minimum Gasteiger partial charge on any atom is -0.379 e. The molecule has 4 rings (SSSR count). The van der Waals surface area contributed by atoms with E-state index in [2.05, 4.69) is 4.90 Å². The Balaban J connectivity index is 0.00000272. The third-order valence-corrected chi connectivity index (χ3v) is 6.81. The van der Waals surface area contributed by atoms with Crippen LogP contribution in [0.4, 0.5) is 5.13 Å². The Kier molecular flexibility index (Phi) is 8.44. The number of nitrogens with zero attached hydrogens (tertiary/aromatic N) is 3. The van der Waals surface area contributed by atoms with E-state index in [1.165, 1.54) is 11.3 Å². The summed E-state index contributed by atoms with van der Waals surface area (Å²) in [7, 11) is 0. The number of carbonyl (C=O) groups excluding carboxylic acids is 1. The number of thiazole rings is 1. The monoisotopic (exact) mass is 519 g/mol. The summed E-state index contributed by atoms with van der Waals surface area (Å²) in [6.07, 6.45) is 0. The van der Waals surface area contributed by atoms with Crippen molar-refractivity contribution in [3.63, 3.8) is 0 Å². The normalized spacial score (nSPS) is 14.5. The number of amides is 1. The average molecular weight is 521 g/mol. The highest BCUT2D eigenvalue weighted by Gasteiger charge is 2.25. The van der Waals surface area contributed by atoms with Gasteiger partial charge in [-0.2, -0.15) is 0 Å². The molecule has 0 saturated carbocycles. The van der Waals surface area contributed by atoms with Crippen molar-refractivity contribution in [2.24, 2.45) is 0 Å². The summed E-state index contributed by atoms with van der Waals surface area (Å²) in [5.41, 5.74) is 2.23. The van der Waals surface area contributed by atoms with Crippen LogP contribution in [0.15, 0.2) is 30.3 Å². The lowest BCUT2D eigenvalue weighted by atomic mass is 10.2. The van der Waals surface area contributed by atoms with Gasteiger partial charge in [0.2, 0.25) is 0 Å². The van der Waals surface area contributed by atoms with E-state index in [0.29, 0.717) is 45.5 Å². The van der Waals surface area contributed by atoms with E-state index in [-0.39, 0.29) is 18.3 Å². The van der Waals surface area contributed by atoms with Gasteiger partial charge in [0.15, 0.2) is 5.13 Å². The predicted octanol–water partition coefficient (Wildman–Crippen LogP) is 5.97. The second-order valence-corrected chi connectivity index (χ2v) is 9.39. The molecule has 5 nitrogen and oxygen atoms in total. The summed E-state index contributed by atoms with van der Waals surface area (Å²) in [5, 5.41) is 2.09. The molecule has 1 aromatic heterocycles. The topological polar surface area (TPSA) is 45.7 Å². The maximum atomic E-state index is 13.5. The van der Waals surface area contributed by atoms with Crippen LogP contribution in [0.1, 0.15) is 15.9 Å². The van der Waals surface area contributed by atoms with Gasteiger partial charge in [0.05, 0.1) is 34.0 Å². The lowest BCUT2D eigenvalue weighted by Crippen LogP contribution is -2.43. The number of halogens is 4. The number of hydrogen-bond donors (Lipinski definition) is 0. The number of ether oxygens (including phenoxy) is 1. The summed E-state index contributed by atoms with van der Waals surface area (Å²) in [6.45, 7) is 6.27. The molecule has 0 N–H and O–H groups in total. The highest BCUT2D eigenvalue weighted by Crippen LogP contribution is 2.34. The summed E-state index contributed by atoms with van der Waals surface area (Å²) < 4.78 is 6.37. The molecule has 0 atom stereocenters. The molecule has 0 unspecified atom stereocenters. The third-order valence-electron chi connectivity index (χ3n) is 5.02. The van der Waals surface area contributed by atoms with Gasteiger partial charge in [-0.05, 0) is 42.8 Å². The number of fused-ring (bicyclic) bond motifs is 1. The lowest BCUT2D eigenvalue weighted by molar-refractivity contribution is 0.0391. The van der Waals surface area contributed by atoms with Crippen LogP contribution in [-0.4, -0.2) is 55.2 Å². The van der Waals surface area contributed by atoms with Crippen LogP contribution in [-0.2, 0) is 4.74 Å². The fourth-order valence-electron chi connectivity index (χ4n) is 3.42. The first-order chi connectivity index (χ1) is 14.4. The van der Waals surface area contributed by atoms with Crippen LogP contribution in [0.3, 0.4) is 0 Å². The Labute approximate surface area is 206 Å². The molecule has 10 heteroatoms. The molecule has 1 saturated heterocycles. The van der Waals surface area contributed by atoms with Crippen LogP contribution in [0, 0.1) is 6.92 Å². The summed E-state index contributed by atoms with van der Waals surface area (Å²) in [4.78, 5) is 22.2. The number of rotatable bonds is 5. The highest BCUT2D eigenvalue weighted by atomic mass is 35.5. The summed E-state index contributed by atoms with van der Waals surface area (Å²) in [6, 6.07) is 8.67. The van der Waals surface area contributed by atoms with Gasteiger partial charge in [-0.15, -0.1) is 12.4 Å². The Morgan fingerprint density at radius 2 is 1.90 bits per heavy atom. The number of carbonyl (C=O) groups is 1. The van der Waals surface area contributed by atoms with Gasteiger partial charge in [-0.1, -0.05) is 46.1 Å². The highest BCUT2D eigenvalue weighted by molar-refractivity contribution is 7.22. The van der Waals surface area contributed by atoms with Crippen LogP contribution < -0.4 is 4.90 Å². The van der Waals surface area contributed by atoms with Gasteiger partial charge < -0.3 is 4.74 Å². The molecule has 0 aliphatic carbocycles. The number of hydrogen-bond acceptors (Lipinski definition) is 5. The first-order valence-electron chi connectivity index (χ1n) is 9.56. The molecule has 1 aliphatic rings. The molecule has 1 amide bonds. The van der Waals surface area contributed by atoms with Crippen molar-refractivity contribution >= 4 is 79.8 Å². The minimum absolute atomic E-state index is 0. The van der Waals surface area contributed by atoms with Crippen LogP contribution in [0.2, 0.25) is 15.1 Å². The Morgan fingerprint density at radius 3 is 2.61 bits per heavy atom. The van der Waals surface area contributed by atoms with E-state index in [1.54, 1.807) is 23.1 Å². The zero-order chi connectivity index (χ0) is 21.3. The zero-order valence-corrected chi connectivity index (χ0v) is 20.6. The molecule has 31 heavy (non-hydrogen) atoms. The van der Waals surface area contributed by atoms with E-state index >= 15 is 0 Å². The number of benzene rings is 2. The largest absolute Gasteiger partial charge is 0.379 e. The first kappa shape index (κ1) is 24.5. The SMILES string of the molecule is Cc1cc(Cl)cc2sc(N(CCN3CCOCC3)C(=O)c3ccc(Cl)cc3Cl)nc12.Cl. The van der Waals surface area contributed by atoms with Gasteiger partial charge in [0.25, 0.3) is 5.91 Å². The molecule has 0 bridgehead atoms. The van der Waals surface area contributed by atoms with Gasteiger partial charge in [0, 0.05) is 36.2 Å². The van der Waals surface area contributed by atoms with Crippen LogP contribution >= 0.6 is 58.5 Å². The molecular formula is C21H21Cl4N3O2S. The number of anilines is 1. The second-order valence-electron chi connectivity index (χ2n) is 7.10. The van der Waals surface area contributed by atoms with Crippen molar-refractivity contribution in [2.75, 3.05) is 44.3 Å². The third kappa shape index (κ3) is 5.63. The maximum absolute atomic E-state index is 13.5. The number of morpholine rings is 1. The second kappa shape index (κ2) is 10.7. The van der Waals surface area contributed by atoms with Gasteiger partial charge in [-0.3, -0.25) is 14.6 Å². The predicted molar refractivity (Wildman–Crippen MR) is 132 cm³/mol. The summed E-state index contributed by atoms with van der Waals surface area (Å²) >= 11 is 20.0. The van der Waals surface area contributed by atoms with E-state index < -0.39 is 0 Å². The molecule has 0 radical (unpaired) electrons. The number of aromatic nitrogens is 1. The van der Waals surface area contributed by atoms with Crippen molar-refractivity contribution in [2.45, 2.75) is 6.92 Å². The van der Waals surface area contributed by atoms with Crippen molar-refractivity contribution in [3.8, 4) is 0 Å².